The first kappa shape index (κ1) is 13.2. The first-order valence-corrected chi connectivity index (χ1v) is 7.06. The van der Waals surface area contributed by atoms with Gasteiger partial charge >= 0.3 is 5.97 Å². The van der Waals surface area contributed by atoms with Crippen molar-refractivity contribution >= 4 is 33.2 Å². The van der Waals surface area contributed by atoms with Crippen molar-refractivity contribution in [2.75, 3.05) is 0 Å². The average molecular weight is 331 g/mol. The summed E-state index contributed by atoms with van der Waals surface area (Å²) in [7, 11) is 0. The maximum atomic E-state index is 10.3. The molecule has 0 atom stereocenters. The van der Waals surface area contributed by atoms with Gasteiger partial charge in [-0.05, 0) is 40.9 Å². The van der Waals surface area contributed by atoms with Crippen LogP contribution in [0.4, 0.5) is 0 Å². The van der Waals surface area contributed by atoms with Crippen LogP contribution in [0.3, 0.4) is 0 Å². The number of carboxylic acids is 1. The van der Waals surface area contributed by atoms with Crippen LogP contribution < -0.4 is 0 Å². The number of halogens is 1. The maximum absolute atomic E-state index is 10.3. The fourth-order valence-corrected chi connectivity index (χ4v) is 2.76. The second-order valence-electron chi connectivity index (χ2n) is 3.72. The van der Waals surface area contributed by atoms with Crippen molar-refractivity contribution in [1.29, 1.82) is 0 Å². The molecule has 2 aromatic rings. The van der Waals surface area contributed by atoms with Crippen molar-refractivity contribution in [1.82, 2.24) is 10.1 Å². The van der Waals surface area contributed by atoms with Gasteiger partial charge in [0.15, 0.2) is 0 Å². The Morgan fingerprint density at radius 2 is 2.28 bits per heavy atom. The maximum Gasteiger partial charge on any atom is 0.303 e. The van der Waals surface area contributed by atoms with Crippen LogP contribution >= 0.6 is 27.3 Å². The number of thiophene rings is 1. The van der Waals surface area contributed by atoms with E-state index in [1.807, 2.05) is 12.1 Å². The highest BCUT2D eigenvalue weighted by Crippen LogP contribution is 2.29. The van der Waals surface area contributed by atoms with E-state index in [-0.39, 0.29) is 6.42 Å². The largest absolute Gasteiger partial charge is 0.481 e. The molecule has 0 aromatic carbocycles. The molecule has 2 rings (SSSR count). The molecule has 2 aromatic heterocycles. The molecule has 0 aliphatic rings. The summed E-state index contributed by atoms with van der Waals surface area (Å²) in [5.74, 6) is 0.364. The van der Waals surface area contributed by atoms with Gasteiger partial charge in [-0.15, -0.1) is 11.3 Å². The van der Waals surface area contributed by atoms with Crippen molar-refractivity contribution in [2.45, 2.75) is 25.7 Å². The highest BCUT2D eigenvalue weighted by molar-refractivity contribution is 9.11. The van der Waals surface area contributed by atoms with Crippen molar-refractivity contribution < 1.29 is 14.4 Å². The first-order chi connectivity index (χ1) is 8.65. The van der Waals surface area contributed by atoms with Crippen LogP contribution in [0.2, 0.25) is 0 Å². The second kappa shape index (κ2) is 6.10. The van der Waals surface area contributed by atoms with E-state index < -0.39 is 5.97 Å². The highest BCUT2D eigenvalue weighted by atomic mass is 79.9. The van der Waals surface area contributed by atoms with Crippen LogP contribution in [0.25, 0.3) is 10.7 Å². The van der Waals surface area contributed by atoms with E-state index in [4.69, 9.17) is 9.63 Å². The van der Waals surface area contributed by atoms with E-state index in [0.717, 1.165) is 15.1 Å². The zero-order chi connectivity index (χ0) is 13.0. The molecular weight excluding hydrogens is 320 g/mol. The molecule has 1 N–H and O–H groups in total. The van der Waals surface area contributed by atoms with E-state index in [1.54, 1.807) is 11.3 Å². The predicted molar refractivity (Wildman–Crippen MR) is 70.5 cm³/mol. The monoisotopic (exact) mass is 330 g/mol. The fourth-order valence-electron chi connectivity index (χ4n) is 1.44. The third kappa shape index (κ3) is 3.64. The summed E-state index contributed by atoms with van der Waals surface area (Å²) < 4.78 is 6.14. The SMILES string of the molecule is O=C(O)CCCCc1nc(-c2ccc(Br)s2)no1. The lowest BCUT2D eigenvalue weighted by molar-refractivity contribution is -0.137. The van der Waals surface area contributed by atoms with E-state index in [9.17, 15) is 4.79 Å². The summed E-state index contributed by atoms with van der Waals surface area (Å²) in [5.41, 5.74) is 0. The molecule has 7 heteroatoms. The van der Waals surface area contributed by atoms with Gasteiger partial charge in [0.05, 0.1) is 8.66 Å². The Kier molecular flexibility index (Phi) is 4.48. The van der Waals surface area contributed by atoms with E-state index in [2.05, 4.69) is 26.1 Å². The van der Waals surface area contributed by atoms with Gasteiger partial charge in [-0.3, -0.25) is 4.79 Å². The van der Waals surface area contributed by atoms with Gasteiger partial charge in [0.2, 0.25) is 11.7 Å². The number of unbranched alkanes of at least 4 members (excludes halogenated alkanes) is 1. The molecule has 18 heavy (non-hydrogen) atoms. The topological polar surface area (TPSA) is 76.2 Å². The molecule has 0 spiro atoms. The first-order valence-electron chi connectivity index (χ1n) is 5.45. The Labute approximate surface area is 116 Å². The molecule has 0 aliphatic heterocycles. The highest BCUT2D eigenvalue weighted by Gasteiger charge is 2.10. The van der Waals surface area contributed by atoms with Crippen LogP contribution in [-0.2, 0) is 11.2 Å². The quantitative estimate of drug-likeness (QED) is 0.822. The molecule has 0 bridgehead atoms. The summed E-state index contributed by atoms with van der Waals surface area (Å²) in [6.45, 7) is 0. The average Bonchev–Trinajstić information content (AvgIpc) is 2.93. The number of hydrogen-bond acceptors (Lipinski definition) is 5. The second-order valence-corrected chi connectivity index (χ2v) is 6.18. The Balaban J connectivity index is 1.88. The van der Waals surface area contributed by atoms with Crippen molar-refractivity contribution in [2.24, 2.45) is 0 Å². The van der Waals surface area contributed by atoms with Crippen molar-refractivity contribution in [3.63, 3.8) is 0 Å². The number of carboxylic acid groups (broad SMARTS) is 1. The lowest BCUT2D eigenvalue weighted by atomic mass is 10.2. The van der Waals surface area contributed by atoms with Crippen LogP contribution in [0, 0.1) is 0 Å². The lowest BCUT2D eigenvalue weighted by Gasteiger charge is -1.93. The number of hydrogen-bond donors (Lipinski definition) is 1. The zero-order valence-corrected chi connectivity index (χ0v) is 11.8. The molecule has 0 unspecified atom stereocenters. The van der Waals surface area contributed by atoms with Gasteiger partial charge in [-0.1, -0.05) is 5.16 Å². The summed E-state index contributed by atoms with van der Waals surface area (Å²) in [4.78, 5) is 15.6. The molecule has 0 radical (unpaired) electrons. The fraction of sp³-hybridized carbons (Fsp3) is 0.364. The summed E-state index contributed by atoms with van der Waals surface area (Å²) in [5, 5.41) is 12.4. The molecular formula is C11H11BrN2O3S. The number of aliphatic carboxylic acids is 1. The normalized spacial score (nSPS) is 10.7. The van der Waals surface area contributed by atoms with E-state index >= 15 is 0 Å². The van der Waals surface area contributed by atoms with Crippen LogP contribution in [0.1, 0.15) is 25.2 Å². The number of aromatic nitrogens is 2. The van der Waals surface area contributed by atoms with Crippen LogP contribution in [-0.4, -0.2) is 21.2 Å². The van der Waals surface area contributed by atoms with E-state index in [1.165, 1.54) is 0 Å². The van der Waals surface area contributed by atoms with Gasteiger partial charge in [-0.2, -0.15) is 4.98 Å². The van der Waals surface area contributed by atoms with Crippen molar-refractivity contribution in [3.05, 3.63) is 21.8 Å². The van der Waals surface area contributed by atoms with Crippen molar-refractivity contribution in [3.8, 4) is 10.7 Å². The molecule has 5 nitrogen and oxygen atoms in total. The predicted octanol–water partition coefficient (Wildman–Crippen LogP) is 3.36. The third-order valence-electron chi connectivity index (χ3n) is 2.29. The Hall–Kier alpha value is -1.21. The number of rotatable bonds is 6. The summed E-state index contributed by atoms with van der Waals surface area (Å²) in [6.07, 6.45) is 2.16. The number of aryl methyl sites for hydroxylation is 1. The minimum Gasteiger partial charge on any atom is -0.481 e. The molecule has 2 heterocycles. The smallest absolute Gasteiger partial charge is 0.303 e. The Morgan fingerprint density at radius 3 is 2.94 bits per heavy atom. The standard InChI is InChI=1S/C11H11BrN2O3S/c12-8-6-5-7(18-8)11-13-9(17-14-11)3-1-2-4-10(15)16/h5-6H,1-4H2,(H,15,16). The lowest BCUT2D eigenvalue weighted by Crippen LogP contribution is -1.95. The summed E-state index contributed by atoms with van der Waals surface area (Å²) >= 11 is 4.92. The van der Waals surface area contributed by atoms with Gasteiger partial charge < -0.3 is 9.63 Å². The Bertz CT molecular complexity index is 538. The van der Waals surface area contributed by atoms with Gasteiger partial charge in [-0.25, -0.2) is 0 Å². The zero-order valence-electron chi connectivity index (χ0n) is 9.43. The number of carbonyl (C=O) groups is 1. The summed E-state index contributed by atoms with van der Waals surface area (Å²) in [6, 6.07) is 3.86. The van der Waals surface area contributed by atoms with Crippen LogP contribution in [0.15, 0.2) is 20.4 Å². The van der Waals surface area contributed by atoms with Gasteiger partial charge in [0.1, 0.15) is 0 Å². The Morgan fingerprint density at radius 1 is 1.44 bits per heavy atom. The third-order valence-corrected chi connectivity index (χ3v) is 3.91. The molecule has 0 fully saturated rings. The van der Waals surface area contributed by atoms with Gasteiger partial charge in [0, 0.05) is 12.8 Å². The molecule has 0 amide bonds. The minimum atomic E-state index is -0.773. The number of nitrogens with zero attached hydrogens (tertiary/aromatic N) is 2. The van der Waals surface area contributed by atoms with Crippen LogP contribution in [0.5, 0.6) is 0 Å². The molecule has 0 saturated heterocycles. The van der Waals surface area contributed by atoms with Gasteiger partial charge in [0.25, 0.3) is 0 Å². The minimum absolute atomic E-state index is 0.179. The van der Waals surface area contributed by atoms with E-state index in [0.29, 0.717) is 24.6 Å². The molecule has 0 aliphatic carbocycles. The molecule has 96 valence electrons. The molecule has 0 saturated carbocycles.